The quantitative estimate of drug-likeness (QED) is 0.604. The Kier molecular flexibility index (Phi) is 6.92. The lowest BCUT2D eigenvalue weighted by atomic mass is 10.1. The molecule has 0 radical (unpaired) electrons. The summed E-state index contributed by atoms with van der Waals surface area (Å²) in [7, 11) is 0. The van der Waals surface area contributed by atoms with Gasteiger partial charge in [-0.25, -0.2) is 14.4 Å². The molecule has 1 amide bonds. The molecule has 0 atom stereocenters. The van der Waals surface area contributed by atoms with Gasteiger partial charge in [0.15, 0.2) is 0 Å². The van der Waals surface area contributed by atoms with Crippen LogP contribution >= 0.6 is 11.6 Å². The standard InChI is InChI=1S/C21H20ClFN4O/c22-18-6-3-4-15(12-18)8-10-25-21-26-13-17(14-27-21)20(28)24-11-9-16-5-1-2-7-19(16)23/h1-7,12-14H,8-11H2,(H,24,28)(H,25,26,27). The molecule has 0 saturated heterocycles. The smallest absolute Gasteiger partial charge is 0.254 e. The fourth-order valence-corrected chi connectivity index (χ4v) is 2.87. The molecule has 144 valence electrons. The molecule has 2 aromatic carbocycles. The van der Waals surface area contributed by atoms with E-state index in [1.807, 2.05) is 24.3 Å². The maximum absolute atomic E-state index is 13.6. The molecule has 0 aliphatic carbocycles. The number of anilines is 1. The van der Waals surface area contributed by atoms with Gasteiger partial charge in [0.1, 0.15) is 5.82 Å². The molecule has 0 aliphatic heterocycles. The Labute approximate surface area is 168 Å². The van der Waals surface area contributed by atoms with Crippen molar-refractivity contribution in [1.82, 2.24) is 15.3 Å². The SMILES string of the molecule is O=C(NCCc1ccccc1F)c1cnc(NCCc2cccc(Cl)c2)nc1. The van der Waals surface area contributed by atoms with Gasteiger partial charge in [0.05, 0.1) is 5.56 Å². The average molecular weight is 399 g/mol. The molecule has 3 aromatic rings. The summed E-state index contributed by atoms with van der Waals surface area (Å²) in [5.74, 6) is -0.111. The van der Waals surface area contributed by atoms with Crippen molar-refractivity contribution in [2.75, 3.05) is 18.4 Å². The fourth-order valence-electron chi connectivity index (χ4n) is 2.66. The molecule has 0 bridgehead atoms. The summed E-state index contributed by atoms with van der Waals surface area (Å²) in [5, 5.41) is 6.56. The first-order chi connectivity index (χ1) is 13.6. The summed E-state index contributed by atoms with van der Waals surface area (Å²) >= 11 is 5.96. The van der Waals surface area contributed by atoms with E-state index in [9.17, 15) is 9.18 Å². The van der Waals surface area contributed by atoms with Crippen molar-refractivity contribution in [2.45, 2.75) is 12.8 Å². The van der Waals surface area contributed by atoms with Crippen molar-refractivity contribution in [3.05, 3.63) is 88.5 Å². The van der Waals surface area contributed by atoms with Crippen LogP contribution in [-0.4, -0.2) is 29.0 Å². The Hall–Kier alpha value is -2.99. The largest absolute Gasteiger partial charge is 0.354 e. The number of rotatable bonds is 8. The normalized spacial score (nSPS) is 10.5. The lowest BCUT2D eigenvalue weighted by Crippen LogP contribution is -2.26. The Morgan fingerprint density at radius 1 is 1.00 bits per heavy atom. The Bertz CT molecular complexity index is 934. The second-order valence-electron chi connectivity index (χ2n) is 6.20. The van der Waals surface area contributed by atoms with E-state index in [0.29, 0.717) is 41.6 Å². The second kappa shape index (κ2) is 9.80. The molecule has 5 nitrogen and oxygen atoms in total. The van der Waals surface area contributed by atoms with Crippen LogP contribution in [0.25, 0.3) is 0 Å². The van der Waals surface area contributed by atoms with E-state index in [1.54, 1.807) is 18.2 Å². The minimum atomic E-state index is -0.290. The van der Waals surface area contributed by atoms with Crippen molar-refractivity contribution < 1.29 is 9.18 Å². The number of nitrogens with one attached hydrogen (secondary N) is 2. The number of halogens is 2. The van der Waals surface area contributed by atoms with Gasteiger partial charge in [-0.15, -0.1) is 0 Å². The predicted octanol–water partition coefficient (Wildman–Crippen LogP) is 3.90. The first kappa shape index (κ1) is 19.8. The van der Waals surface area contributed by atoms with Crippen molar-refractivity contribution in [3.8, 4) is 0 Å². The monoisotopic (exact) mass is 398 g/mol. The lowest BCUT2D eigenvalue weighted by molar-refractivity contribution is 0.0953. The molecular formula is C21H20ClFN4O. The summed E-state index contributed by atoms with van der Waals surface area (Å²) in [6.07, 6.45) is 4.13. The zero-order valence-corrected chi connectivity index (χ0v) is 15.9. The third-order valence-electron chi connectivity index (χ3n) is 4.14. The van der Waals surface area contributed by atoms with Gasteiger partial charge in [-0.1, -0.05) is 41.9 Å². The fraction of sp³-hybridized carbons (Fsp3) is 0.190. The van der Waals surface area contributed by atoms with E-state index in [4.69, 9.17) is 11.6 Å². The molecule has 28 heavy (non-hydrogen) atoms. The zero-order chi connectivity index (χ0) is 19.8. The van der Waals surface area contributed by atoms with Gasteiger partial charge in [-0.3, -0.25) is 4.79 Å². The molecule has 0 fully saturated rings. The topological polar surface area (TPSA) is 66.9 Å². The molecule has 0 aliphatic rings. The van der Waals surface area contributed by atoms with Crippen LogP contribution in [0.4, 0.5) is 10.3 Å². The van der Waals surface area contributed by atoms with E-state index in [0.717, 1.165) is 12.0 Å². The Morgan fingerprint density at radius 2 is 1.79 bits per heavy atom. The molecule has 0 saturated carbocycles. The summed E-state index contributed by atoms with van der Waals surface area (Å²) in [4.78, 5) is 20.5. The van der Waals surface area contributed by atoms with Crippen LogP contribution in [0, 0.1) is 5.82 Å². The highest BCUT2D eigenvalue weighted by Gasteiger charge is 2.08. The molecule has 1 aromatic heterocycles. The average Bonchev–Trinajstić information content (AvgIpc) is 2.70. The molecular weight excluding hydrogens is 379 g/mol. The lowest BCUT2D eigenvalue weighted by Gasteiger charge is -2.07. The summed E-state index contributed by atoms with van der Waals surface area (Å²) in [5.41, 5.74) is 2.04. The van der Waals surface area contributed by atoms with Gasteiger partial charge in [-0.05, 0) is 42.2 Å². The number of hydrogen-bond acceptors (Lipinski definition) is 4. The van der Waals surface area contributed by atoms with Gasteiger partial charge >= 0.3 is 0 Å². The highest BCUT2D eigenvalue weighted by Crippen LogP contribution is 2.11. The third-order valence-corrected chi connectivity index (χ3v) is 4.37. The Balaban J connectivity index is 1.44. The van der Waals surface area contributed by atoms with E-state index in [-0.39, 0.29) is 11.7 Å². The first-order valence-electron chi connectivity index (χ1n) is 8.94. The van der Waals surface area contributed by atoms with Crippen LogP contribution < -0.4 is 10.6 Å². The van der Waals surface area contributed by atoms with E-state index in [1.165, 1.54) is 18.5 Å². The number of nitrogens with zero attached hydrogens (tertiary/aromatic N) is 2. The van der Waals surface area contributed by atoms with E-state index in [2.05, 4.69) is 20.6 Å². The van der Waals surface area contributed by atoms with Gasteiger partial charge in [0, 0.05) is 30.5 Å². The minimum Gasteiger partial charge on any atom is -0.354 e. The highest BCUT2D eigenvalue weighted by atomic mass is 35.5. The van der Waals surface area contributed by atoms with Gasteiger partial charge in [0.25, 0.3) is 5.91 Å². The highest BCUT2D eigenvalue weighted by molar-refractivity contribution is 6.30. The molecule has 0 unspecified atom stereocenters. The number of benzene rings is 2. The zero-order valence-electron chi connectivity index (χ0n) is 15.2. The van der Waals surface area contributed by atoms with Gasteiger partial charge < -0.3 is 10.6 Å². The number of aromatic nitrogens is 2. The summed E-state index contributed by atoms with van der Waals surface area (Å²) < 4.78 is 13.6. The minimum absolute atomic E-state index is 0.270. The third kappa shape index (κ3) is 5.76. The van der Waals surface area contributed by atoms with Crippen LogP contribution in [0.5, 0.6) is 0 Å². The van der Waals surface area contributed by atoms with Crippen molar-refractivity contribution >= 4 is 23.5 Å². The molecule has 0 spiro atoms. The predicted molar refractivity (Wildman–Crippen MR) is 108 cm³/mol. The number of carbonyl (C=O) groups is 1. The van der Waals surface area contributed by atoms with Crippen molar-refractivity contribution in [2.24, 2.45) is 0 Å². The van der Waals surface area contributed by atoms with Crippen LogP contribution in [0.1, 0.15) is 21.5 Å². The van der Waals surface area contributed by atoms with Gasteiger partial charge in [-0.2, -0.15) is 0 Å². The maximum atomic E-state index is 13.6. The summed E-state index contributed by atoms with van der Waals surface area (Å²) in [6.45, 7) is 0.980. The Morgan fingerprint density at radius 3 is 2.54 bits per heavy atom. The second-order valence-corrected chi connectivity index (χ2v) is 6.64. The van der Waals surface area contributed by atoms with Crippen LogP contribution in [0.3, 0.4) is 0 Å². The molecule has 2 N–H and O–H groups in total. The molecule has 7 heteroatoms. The molecule has 3 rings (SSSR count). The van der Waals surface area contributed by atoms with E-state index < -0.39 is 0 Å². The van der Waals surface area contributed by atoms with E-state index >= 15 is 0 Å². The van der Waals surface area contributed by atoms with Crippen LogP contribution in [-0.2, 0) is 12.8 Å². The van der Waals surface area contributed by atoms with Crippen molar-refractivity contribution in [1.29, 1.82) is 0 Å². The first-order valence-corrected chi connectivity index (χ1v) is 9.31. The number of carbonyl (C=O) groups excluding carboxylic acids is 1. The maximum Gasteiger partial charge on any atom is 0.254 e. The number of hydrogen-bond donors (Lipinski definition) is 2. The molecule has 1 heterocycles. The number of amides is 1. The van der Waals surface area contributed by atoms with Gasteiger partial charge in [0.2, 0.25) is 5.95 Å². The van der Waals surface area contributed by atoms with Crippen molar-refractivity contribution in [3.63, 3.8) is 0 Å². The van der Waals surface area contributed by atoms with Crippen LogP contribution in [0.15, 0.2) is 60.9 Å². The van der Waals surface area contributed by atoms with Crippen LogP contribution in [0.2, 0.25) is 5.02 Å². The summed E-state index contributed by atoms with van der Waals surface area (Å²) in [6, 6.07) is 14.2.